The Kier molecular flexibility index (Phi) is 10.3. The summed E-state index contributed by atoms with van der Waals surface area (Å²) in [5, 5.41) is 4.20. The fraction of sp³-hybridized carbons (Fsp3) is 0.833. The van der Waals surface area contributed by atoms with Crippen LogP contribution >= 0.6 is 0 Å². The van der Waals surface area contributed by atoms with Crippen molar-refractivity contribution in [2.75, 3.05) is 6.54 Å². The van der Waals surface area contributed by atoms with E-state index in [0.717, 1.165) is 12.8 Å². The molecule has 0 fully saturated rings. The van der Waals surface area contributed by atoms with E-state index in [1.807, 2.05) is 6.92 Å². The summed E-state index contributed by atoms with van der Waals surface area (Å²) in [4.78, 5) is 0.302. The molecule has 0 spiro atoms. The monoisotopic (exact) mass is 357 g/mol. The average molecular weight is 358 g/mol. The first-order valence-corrected chi connectivity index (χ1v) is 11.0. The topological polar surface area (TPSA) is 64.0 Å². The maximum atomic E-state index is 12.3. The van der Waals surface area contributed by atoms with E-state index in [2.05, 4.69) is 16.7 Å². The van der Waals surface area contributed by atoms with Gasteiger partial charge in [0.2, 0.25) is 10.0 Å². The van der Waals surface area contributed by atoms with Crippen molar-refractivity contribution in [3.63, 3.8) is 0 Å². The highest BCUT2D eigenvalue weighted by Gasteiger charge is 2.19. The van der Waals surface area contributed by atoms with Crippen LogP contribution in [-0.4, -0.2) is 24.7 Å². The van der Waals surface area contributed by atoms with E-state index in [9.17, 15) is 8.42 Å². The standard InChI is InChI=1S/C18H35N3O2S/c1-4-6-7-8-9-10-11-12-13-14-15-19-24(22,23)18-16-21(5-2)20-17(18)3/h16,19H,4-15H2,1-3H3. The maximum Gasteiger partial charge on any atom is 0.243 e. The SMILES string of the molecule is CCCCCCCCCCCCNS(=O)(=O)c1cn(CC)nc1C. The molecule has 1 aromatic rings. The molecule has 0 saturated heterocycles. The molecule has 0 unspecified atom stereocenters. The smallest absolute Gasteiger partial charge is 0.243 e. The molecule has 140 valence electrons. The van der Waals surface area contributed by atoms with Gasteiger partial charge < -0.3 is 0 Å². The van der Waals surface area contributed by atoms with Crippen LogP contribution in [0.2, 0.25) is 0 Å². The molecule has 0 amide bonds. The zero-order chi connectivity index (χ0) is 17.8. The zero-order valence-corrected chi connectivity index (χ0v) is 16.5. The van der Waals surface area contributed by atoms with Gasteiger partial charge in [-0.25, -0.2) is 13.1 Å². The molecule has 1 aromatic heterocycles. The Morgan fingerprint density at radius 3 is 2.00 bits per heavy atom. The Labute approximate surface area is 148 Å². The molecule has 1 heterocycles. The van der Waals surface area contributed by atoms with Gasteiger partial charge in [-0.1, -0.05) is 64.7 Å². The second-order valence-corrected chi connectivity index (χ2v) is 8.25. The number of aryl methyl sites for hydroxylation is 2. The second kappa shape index (κ2) is 11.6. The number of rotatable bonds is 14. The third-order valence-electron chi connectivity index (χ3n) is 4.34. The van der Waals surface area contributed by atoms with Crippen LogP contribution < -0.4 is 4.72 Å². The Balaban J connectivity index is 2.13. The number of sulfonamides is 1. The van der Waals surface area contributed by atoms with E-state index in [-0.39, 0.29) is 0 Å². The average Bonchev–Trinajstić information content (AvgIpc) is 2.94. The minimum absolute atomic E-state index is 0.302. The largest absolute Gasteiger partial charge is 0.271 e. The van der Waals surface area contributed by atoms with Crippen LogP contribution in [0.1, 0.15) is 83.7 Å². The Morgan fingerprint density at radius 2 is 1.50 bits per heavy atom. The predicted molar refractivity (Wildman–Crippen MR) is 99.7 cm³/mol. The number of nitrogens with zero attached hydrogens (tertiary/aromatic N) is 2. The van der Waals surface area contributed by atoms with Gasteiger partial charge in [0.15, 0.2) is 0 Å². The molecule has 0 atom stereocenters. The molecule has 1 N–H and O–H groups in total. The molecule has 1 rings (SSSR count). The normalized spacial score (nSPS) is 12.0. The fourth-order valence-electron chi connectivity index (χ4n) is 2.82. The molecule has 0 aliphatic carbocycles. The van der Waals surface area contributed by atoms with Crippen molar-refractivity contribution in [2.24, 2.45) is 0 Å². The molecule has 0 radical (unpaired) electrons. The lowest BCUT2D eigenvalue weighted by molar-refractivity contribution is 0.548. The molecule has 0 bridgehead atoms. The lowest BCUT2D eigenvalue weighted by Gasteiger charge is -2.06. The highest BCUT2D eigenvalue weighted by atomic mass is 32.2. The van der Waals surface area contributed by atoms with Crippen LogP contribution in [0.5, 0.6) is 0 Å². The number of aromatic nitrogens is 2. The molecule has 5 nitrogen and oxygen atoms in total. The summed E-state index contributed by atoms with van der Waals surface area (Å²) in [5.41, 5.74) is 0.562. The highest BCUT2D eigenvalue weighted by Crippen LogP contribution is 2.14. The van der Waals surface area contributed by atoms with Crippen molar-refractivity contribution < 1.29 is 8.42 Å². The van der Waals surface area contributed by atoms with Crippen molar-refractivity contribution in [3.8, 4) is 0 Å². The summed E-state index contributed by atoms with van der Waals surface area (Å²) in [6, 6.07) is 0. The number of hydrogen-bond acceptors (Lipinski definition) is 3. The van der Waals surface area contributed by atoms with Crippen molar-refractivity contribution in [1.29, 1.82) is 0 Å². The van der Waals surface area contributed by atoms with Crippen molar-refractivity contribution in [1.82, 2.24) is 14.5 Å². The summed E-state index contributed by atoms with van der Waals surface area (Å²) >= 11 is 0. The summed E-state index contributed by atoms with van der Waals surface area (Å²) in [6.07, 6.45) is 14.1. The molecular weight excluding hydrogens is 322 g/mol. The molecule has 24 heavy (non-hydrogen) atoms. The van der Waals surface area contributed by atoms with E-state index in [0.29, 0.717) is 23.7 Å². The minimum atomic E-state index is -3.42. The van der Waals surface area contributed by atoms with Crippen molar-refractivity contribution >= 4 is 10.0 Å². The zero-order valence-electron chi connectivity index (χ0n) is 15.7. The quantitative estimate of drug-likeness (QED) is 0.502. The first kappa shape index (κ1) is 21.2. The van der Waals surface area contributed by atoms with Crippen LogP contribution in [0.3, 0.4) is 0 Å². The molecular formula is C18H35N3O2S. The van der Waals surface area contributed by atoms with Gasteiger partial charge >= 0.3 is 0 Å². The number of nitrogens with one attached hydrogen (secondary N) is 1. The van der Waals surface area contributed by atoms with Crippen LogP contribution in [0, 0.1) is 6.92 Å². The highest BCUT2D eigenvalue weighted by molar-refractivity contribution is 7.89. The Morgan fingerprint density at radius 1 is 0.958 bits per heavy atom. The lowest BCUT2D eigenvalue weighted by atomic mass is 10.1. The minimum Gasteiger partial charge on any atom is -0.271 e. The van der Waals surface area contributed by atoms with Crippen LogP contribution in [0.25, 0.3) is 0 Å². The first-order chi connectivity index (χ1) is 11.5. The van der Waals surface area contributed by atoms with Crippen LogP contribution in [0.15, 0.2) is 11.1 Å². The molecule has 0 aliphatic rings. The number of unbranched alkanes of at least 4 members (excludes halogenated alkanes) is 9. The predicted octanol–water partition coefficient (Wildman–Crippen LogP) is 4.41. The van der Waals surface area contributed by atoms with Gasteiger partial charge in [0.05, 0.1) is 5.69 Å². The summed E-state index contributed by atoms with van der Waals surface area (Å²) in [5.74, 6) is 0. The van der Waals surface area contributed by atoms with Crippen LogP contribution in [-0.2, 0) is 16.6 Å². The molecule has 0 aliphatic heterocycles. The van der Waals surface area contributed by atoms with Crippen LogP contribution in [0.4, 0.5) is 0 Å². The van der Waals surface area contributed by atoms with E-state index >= 15 is 0 Å². The Bertz CT molecular complexity index is 553. The summed E-state index contributed by atoms with van der Waals surface area (Å²) in [7, 11) is -3.42. The van der Waals surface area contributed by atoms with E-state index in [1.54, 1.807) is 17.8 Å². The lowest BCUT2D eigenvalue weighted by Crippen LogP contribution is -2.25. The van der Waals surface area contributed by atoms with Gasteiger partial charge in [0, 0.05) is 19.3 Å². The fourth-order valence-corrected chi connectivity index (χ4v) is 4.08. The maximum absolute atomic E-state index is 12.3. The van der Waals surface area contributed by atoms with Gasteiger partial charge in [-0.2, -0.15) is 5.10 Å². The number of hydrogen-bond donors (Lipinski definition) is 1. The second-order valence-electron chi connectivity index (χ2n) is 6.51. The van der Waals surface area contributed by atoms with Gasteiger partial charge in [0.25, 0.3) is 0 Å². The van der Waals surface area contributed by atoms with E-state index in [1.165, 1.54) is 51.4 Å². The summed E-state index contributed by atoms with van der Waals surface area (Å²) < 4.78 is 28.9. The molecule has 6 heteroatoms. The van der Waals surface area contributed by atoms with Crippen molar-refractivity contribution in [2.45, 2.75) is 96.4 Å². The van der Waals surface area contributed by atoms with Gasteiger partial charge in [0.1, 0.15) is 4.90 Å². The first-order valence-electron chi connectivity index (χ1n) is 9.55. The molecule has 0 aromatic carbocycles. The van der Waals surface area contributed by atoms with Gasteiger partial charge in [-0.3, -0.25) is 4.68 Å². The van der Waals surface area contributed by atoms with Gasteiger partial charge in [-0.15, -0.1) is 0 Å². The van der Waals surface area contributed by atoms with Crippen molar-refractivity contribution in [3.05, 3.63) is 11.9 Å². The molecule has 0 saturated carbocycles. The third kappa shape index (κ3) is 7.79. The van der Waals surface area contributed by atoms with E-state index in [4.69, 9.17) is 0 Å². The summed E-state index contributed by atoms with van der Waals surface area (Å²) in [6.45, 7) is 7.11. The Hall–Kier alpha value is -0.880. The third-order valence-corrected chi connectivity index (χ3v) is 5.90. The van der Waals surface area contributed by atoms with Gasteiger partial charge in [-0.05, 0) is 20.3 Å². The van der Waals surface area contributed by atoms with E-state index < -0.39 is 10.0 Å².